The van der Waals surface area contributed by atoms with Crippen LogP contribution in [0.3, 0.4) is 0 Å². The van der Waals surface area contributed by atoms with Crippen LogP contribution in [0.4, 0.5) is 0 Å². The minimum Gasteiger partial charge on any atom is -0.465 e. The molecule has 1 fully saturated rings. The molecule has 1 N–H and O–H groups in total. The van der Waals surface area contributed by atoms with Gasteiger partial charge in [-0.1, -0.05) is 13.8 Å². The lowest BCUT2D eigenvalue weighted by atomic mass is 9.90. The molecule has 1 aliphatic rings. The molecule has 18 heavy (non-hydrogen) atoms. The number of likely N-dealkylation sites (tertiary alicyclic amines) is 1. The molecule has 0 bridgehead atoms. The van der Waals surface area contributed by atoms with Crippen molar-refractivity contribution in [1.29, 1.82) is 0 Å². The number of carbonyl (C=O) groups is 1. The van der Waals surface area contributed by atoms with Gasteiger partial charge in [0.25, 0.3) is 0 Å². The van der Waals surface area contributed by atoms with Gasteiger partial charge in [-0.2, -0.15) is 0 Å². The Balaban J connectivity index is 2.73. The van der Waals surface area contributed by atoms with Gasteiger partial charge in [0, 0.05) is 6.54 Å². The molecular formula is C14H28N2O2. The first kappa shape index (κ1) is 15.4. The van der Waals surface area contributed by atoms with Gasteiger partial charge in [0.05, 0.1) is 6.61 Å². The molecule has 1 heterocycles. The fourth-order valence-electron chi connectivity index (χ4n) is 2.59. The molecule has 1 unspecified atom stereocenters. The van der Waals surface area contributed by atoms with Gasteiger partial charge in [-0.05, 0) is 52.2 Å². The summed E-state index contributed by atoms with van der Waals surface area (Å²) in [5, 5.41) is 3.45. The molecule has 0 spiro atoms. The number of ether oxygens (including phenoxy) is 1. The zero-order valence-electron chi connectivity index (χ0n) is 12.1. The number of carbonyl (C=O) groups excluding carboxylic acids is 1. The molecule has 0 aromatic rings. The van der Waals surface area contributed by atoms with Crippen LogP contribution in [0.5, 0.6) is 0 Å². The standard InChI is InChI=1S/C14H28N2O2/c1-4-10-15-14(13(17)18-6-3)8-7-11-16(5-2)12-9-14/h15H,4-12H2,1-3H3. The molecule has 1 atom stereocenters. The predicted octanol–water partition coefficient (Wildman–Crippen LogP) is 1.79. The topological polar surface area (TPSA) is 41.6 Å². The molecule has 1 rings (SSSR count). The smallest absolute Gasteiger partial charge is 0.326 e. The number of hydrogen-bond donors (Lipinski definition) is 1. The normalized spacial score (nSPS) is 25.7. The highest BCUT2D eigenvalue weighted by atomic mass is 16.5. The SMILES string of the molecule is CCCNC1(C(=O)OCC)CCCN(CC)CC1. The second-order valence-electron chi connectivity index (χ2n) is 5.02. The quantitative estimate of drug-likeness (QED) is 0.736. The van der Waals surface area contributed by atoms with Crippen molar-refractivity contribution in [3.05, 3.63) is 0 Å². The van der Waals surface area contributed by atoms with E-state index in [4.69, 9.17) is 4.74 Å². The summed E-state index contributed by atoms with van der Waals surface area (Å²) in [4.78, 5) is 14.7. The summed E-state index contributed by atoms with van der Waals surface area (Å²) in [5.74, 6) is -0.0589. The van der Waals surface area contributed by atoms with E-state index >= 15 is 0 Å². The minimum atomic E-state index is -0.448. The highest BCUT2D eigenvalue weighted by Crippen LogP contribution is 2.24. The molecule has 0 aromatic carbocycles. The summed E-state index contributed by atoms with van der Waals surface area (Å²) in [6, 6.07) is 0. The van der Waals surface area contributed by atoms with Crippen molar-refractivity contribution in [3.8, 4) is 0 Å². The number of hydrogen-bond acceptors (Lipinski definition) is 4. The first-order valence-electron chi connectivity index (χ1n) is 7.33. The molecule has 0 amide bonds. The highest BCUT2D eigenvalue weighted by molar-refractivity contribution is 5.81. The van der Waals surface area contributed by atoms with Crippen molar-refractivity contribution < 1.29 is 9.53 Å². The summed E-state index contributed by atoms with van der Waals surface area (Å²) in [5.41, 5.74) is -0.448. The van der Waals surface area contributed by atoms with Crippen LogP contribution in [-0.4, -0.2) is 49.2 Å². The Labute approximate surface area is 111 Å². The third-order valence-electron chi connectivity index (χ3n) is 3.76. The monoisotopic (exact) mass is 256 g/mol. The largest absolute Gasteiger partial charge is 0.465 e. The Kier molecular flexibility index (Phi) is 6.65. The Morgan fingerprint density at radius 1 is 1.28 bits per heavy atom. The second-order valence-corrected chi connectivity index (χ2v) is 5.02. The molecule has 4 nitrogen and oxygen atoms in total. The molecule has 4 heteroatoms. The molecule has 0 aromatic heterocycles. The average molecular weight is 256 g/mol. The van der Waals surface area contributed by atoms with E-state index in [2.05, 4.69) is 24.1 Å². The van der Waals surface area contributed by atoms with Crippen LogP contribution in [0.25, 0.3) is 0 Å². The van der Waals surface area contributed by atoms with Gasteiger partial charge in [0.1, 0.15) is 5.54 Å². The van der Waals surface area contributed by atoms with Gasteiger partial charge in [0.2, 0.25) is 0 Å². The lowest BCUT2D eigenvalue weighted by molar-refractivity contribution is -0.151. The van der Waals surface area contributed by atoms with Crippen LogP contribution in [0, 0.1) is 0 Å². The van der Waals surface area contributed by atoms with Crippen molar-refractivity contribution in [2.75, 3.05) is 32.8 Å². The predicted molar refractivity (Wildman–Crippen MR) is 73.6 cm³/mol. The number of rotatable bonds is 6. The zero-order chi connectivity index (χ0) is 13.4. The van der Waals surface area contributed by atoms with Crippen LogP contribution in [-0.2, 0) is 9.53 Å². The van der Waals surface area contributed by atoms with E-state index < -0.39 is 5.54 Å². The Hall–Kier alpha value is -0.610. The number of nitrogens with one attached hydrogen (secondary N) is 1. The van der Waals surface area contributed by atoms with Crippen LogP contribution < -0.4 is 5.32 Å². The molecule has 0 aliphatic carbocycles. The van der Waals surface area contributed by atoms with Crippen molar-refractivity contribution in [3.63, 3.8) is 0 Å². The first-order valence-corrected chi connectivity index (χ1v) is 7.33. The summed E-state index contributed by atoms with van der Waals surface area (Å²) >= 11 is 0. The fourth-order valence-corrected chi connectivity index (χ4v) is 2.59. The van der Waals surface area contributed by atoms with E-state index in [-0.39, 0.29) is 5.97 Å². The summed E-state index contributed by atoms with van der Waals surface area (Å²) in [6.07, 6.45) is 3.85. The zero-order valence-corrected chi connectivity index (χ0v) is 12.1. The van der Waals surface area contributed by atoms with Crippen molar-refractivity contribution >= 4 is 5.97 Å². The van der Waals surface area contributed by atoms with Gasteiger partial charge in [0.15, 0.2) is 0 Å². The van der Waals surface area contributed by atoms with Crippen molar-refractivity contribution in [2.24, 2.45) is 0 Å². The summed E-state index contributed by atoms with van der Waals surface area (Å²) in [6.45, 7) is 10.7. The lowest BCUT2D eigenvalue weighted by Gasteiger charge is -2.31. The number of esters is 1. The Morgan fingerprint density at radius 3 is 2.67 bits per heavy atom. The van der Waals surface area contributed by atoms with E-state index in [0.717, 1.165) is 51.9 Å². The van der Waals surface area contributed by atoms with E-state index in [1.807, 2.05) is 6.92 Å². The fraction of sp³-hybridized carbons (Fsp3) is 0.929. The molecule has 0 radical (unpaired) electrons. The molecule has 106 valence electrons. The molecule has 1 aliphatic heterocycles. The minimum absolute atomic E-state index is 0.0589. The van der Waals surface area contributed by atoms with Crippen LogP contribution in [0.15, 0.2) is 0 Å². The Morgan fingerprint density at radius 2 is 2.06 bits per heavy atom. The van der Waals surface area contributed by atoms with Gasteiger partial charge in [-0.25, -0.2) is 0 Å². The third-order valence-corrected chi connectivity index (χ3v) is 3.76. The average Bonchev–Trinajstić information content (AvgIpc) is 2.60. The van der Waals surface area contributed by atoms with E-state index in [1.54, 1.807) is 0 Å². The summed E-state index contributed by atoms with van der Waals surface area (Å²) < 4.78 is 5.29. The van der Waals surface area contributed by atoms with E-state index in [1.165, 1.54) is 0 Å². The molecular weight excluding hydrogens is 228 g/mol. The maximum Gasteiger partial charge on any atom is 0.326 e. The van der Waals surface area contributed by atoms with Crippen LogP contribution in [0.1, 0.15) is 46.5 Å². The van der Waals surface area contributed by atoms with E-state index in [9.17, 15) is 4.79 Å². The van der Waals surface area contributed by atoms with Crippen LogP contribution >= 0.6 is 0 Å². The second kappa shape index (κ2) is 7.74. The van der Waals surface area contributed by atoms with Crippen LogP contribution in [0.2, 0.25) is 0 Å². The van der Waals surface area contributed by atoms with E-state index in [0.29, 0.717) is 6.61 Å². The maximum absolute atomic E-state index is 12.3. The van der Waals surface area contributed by atoms with Crippen molar-refractivity contribution in [1.82, 2.24) is 10.2 Å². The highest BCUT2D eigenvalue weighted by Gasteiger charge is 2.40. The van der Waals surface area contributed by atoms with Gasteiger partial charge < -0.3 is 15.0 Å². The summed E-state index contributed by atoms with van der Waals surface area (Å²) in [7, 11) is 0. The van der Waals surface area contributed by atoms with Crippen molar-refractivity contribution in [2.45, 2.75) is 52.0 Å². The lowest BCUT2D eigenvalue weighted by Crippen LogP contribution is -2.53. The molecule has 1 saturated heterocycles. The third kappa shape index (κ3) is 3.95. The van der Waals surface area contributed by atoms with Gasteiger partial charge >= 0.3 is 5.97 Å². The number of nitrogens with zero attached hydrogens (tertiary/aromatic N) is 1. The van der Waals surface area contributed by atoms with Gasteiger partial charge in [-0.15, -0.1) is 0 Å². The van der Waals surface area contributed by atoms with Gasteiger partial charge in [-0.3, -0.25) is 4.79 Å². The Bertz CT molecular complexity index is 258. The molecule has 0 saturated carbocycles. The first-order chi connectivity index (χ1) is 8.68. The maximum atomic E-state index is 12.3.